The number of rotatable bonds is 7. The van der Waals surface area contributed by atoms with Gasteiger partial charge in [0.05, 0.1) is 19.1 Å². The number of benzene rings is 2. The molecule has 2 rings (SSSR count). The zero-order valence-electron chi connectivity index (χ0n) is 15.1. The summed E-state index contributed by atoms with van der Waals surface area (Å²) in [5.41, 5.74) is 1.08. The van der Waals surface area contributed by atoms with Crippen LogP contribution in [0.2, 0.25) is 0 Å². The lowest BCUT2D eigenvalue weighted by molar-refractivity contribution is 0.161. The summed E-state index contributed by atoms with van der Waals surface area (Å²) >= 11 is 0. The number of ether oxygens (including phenoxy) is 2. The van der Waals surface area contributed by atoms with Crippen LogP contribution in [-0.4, -0.2) is 25.3 Å². The number of nitrogens with one attached hydrogen (secondary N) is 1. The van der Waals surface area contributed by atoms with Crippen LogP contribution in [0.25, 0.3) is 0 Å². The van der Waals surface area contributed by atoms with Crippen molar-refractivity contribution < 1.29 is 19.1 Å². The molecule has 0 aliphatic carbocycles. The summed E-state index contributed by atoms with van der Waals surface area (Å²) in [5.74, 6) is 0.270. The Morgan fingerprint density at radius 1 is 1.15 bits per heavy atom. The van der Waals surface area contributed by atoms with Crippen LogP contribution in [0.4, 0.5) is 21.0 Å². The van der Waals surface area contributed by atoms with E-state index in [9.17, 15) is 9.59 Å². The lowest BCUT2D eigenvalue weighted by Crippen LogP contribution is -2.34. The van der Waals surface area contributed by atoms with Gasteiger partial charge in [-0.3, -0.25) is 10.2 Å². The van der Waals surface area contributed by atoms with Crippen molar-refractivity contribution in [3.8, 4) is 11.8 Å². The van der Waals surface area contributed by atoms with E-state index in [0.29, 0.717) is 18.0 Å². The molecule has 0 heterocycles. The Balaban J connectivity index is 2.07. The van der Waals surface area contributed by atoms with Crippen molar-refractivity contribution in [3.05, 3.63) is 54.6 Å². The van der Waals surface area contributed by atoms with Gasteiger partial charge in [0.15, 0.2) is 0 Å². The van der Waals surface area contributed by atoms with Crippen molar-refractivity contribution in [1.29, 1.82) is 5.26 Å². The summed E-state index contributed by atoms with van der Waals surface area (Å²) in [5, 5.41) is 11.4. The fourth-order valence-electron chi connectivity index (χ4n) is 2.24. The molecule has 0 aliphatic rings. The first-order valence-corrected chi connectivity index (χ1v) is 8.59. The van der Waals surface area contributed by atoms with Gasteiger partial charge in [-0.1, -0.05) is 31.2 Å². The molecule has 7 nitrogen and oxygen atoms in total. The molecular weight excluding hydrogens is 346 g/mol. The molecule has 2 amide bonds. The Bertz CT molecular complexity index is 802. The van der Waals surface area contributed by atoms with E-state index in [0.717, 1.165) is 6.42 Å². The number of carbonyl (C=O) groups is 2. The van der Waals surface area contributed by atoms with E-state index in [1.54, 1.807) is 42.5 Å². The van der Waals surface area contributed by atoms with E-state index < -0.39 is 12.2 Å². The third kappa shape index (κ3) is 6.36. The summed E-state index contributed by atoms with van der Waals surface area (Å²) in [7, 11) is 0. The number of nitriles is 1. The molecule has 140 valence electrons. The molecule has 0 unspecified atom stereocenters. The molecule has 0 spiro atoms. The van der Waals surface area contributed by atoms with Crippen molar-refractivity contribution in [1.82, 2.24) is 0 Å². The topological polar surface area (TPSA) is 91.7 Å². The first-order chi connectivity index (χ1) is 13.1. The number of carbonyl (C=O) groups excluding carboxylic acids is 2. The molecule has 0 bridgehead atoms. The number of hydrogen-bond donors (Lipinski definition) is 1. The second kappa shape index (κ2) is 10.5. The predicted molar refractivity (Wildman–Crippen MR) is 102 cm³/mol. The minimum Gasteiger partial charge on any atom is -0.449 e. The van der Waals surface area contributed by atoms with Crippen LogP contribution >= 0.6 is 0 Å². The zero-order chi connectivity index (χ0) is 19.5. The molecule has 27 heavy (non-hydrogen) atoms. The molecule has 0 saturated heterocycles. The molecular formula is C20H21N3O4. The van der Waals surface area contributed by atoms with Crippen molar-refractivity contribution in [2.24, 2.45) is 0 Å². The van der Waals surface area contributed by atoms with Gasteiger partial charge in [0.1, 0.15) is 5.75 Å². The maximum absolute atomic E-state index is 12.6. The summed E-state index contributed by atoms with van der Waals surface area (Å²) in [6.45, 7) is 2.43. The Labute approximate surface area is 158 Å². The number of para-hydroxylation sites is 1. The van der Waals surface area contributed by atoms with Gasteiger partial charge in [0, 0.05) is 24.0 Å². The molecule has 2 aromatic carbocycles. The fourth-order valence-corrected chi connectivity index (χ4v) is 2.24. The standard InChI is InChI=1S/C20H21N3O4/c1-2-14-26-19(24)22-16-8-6-11-18(15-16)27-20(25)23(13-7-12-21)17-9-4-3-5-10-17/h3-6,8-11,15H,2,7,13-14H2,1H3,(H,22,24). The Morgan fingerprint density at radius 2 is 1.93 bits per heavy atom. The lowest BCUT2D eigenvalue weighted by atomic mass is 10.3. The first kappa shape index (κ1) is 19.8. The Hall–Kier alpha value is -3.53. The van der Waals surface area contributed by atoms with Gasteiger partial charge < -0.3 is 9.47 Å². The highest BCUT2D eigenvalue weighted by Crippen LogP contribution is 2.21. The van der Waals surface area contributed by atoms with Crippen LogP contribution in [0.5, 0.6) is 5.75 Å². The number of nitrogens with zero attached hydrogens (tertiary/aromatic N) is 2. The molecule has 0 aromatic heterocycles. The Kier molecular flexibility index (Phi) is 7.67. The highest BCUT2D eigenvalue weighted by Gasteiger charge is 2.18. The van der Waals surface area contributed by atoms with Crippen molar-refractivity contribution >= 4 is 23.6 Å². The van der Waals surface area contributed by atoms with Crippen LogP contribution < -0.4 is 15.0 Å². The SMILES string of the molecule is CCCOC(=O)Nc1cccc(OC(=O)N(CCC#N)c2ccccc2)c1. The minimum absolute atomic E-state index is 0.175. The molecule has 0 fully saturated rings. The van der Waals surface area contributed by atoms with E-state index in [1.807, 2.05) is 19.1 Å². The molecule has 0 aliphatic heterocycles. The molecule has 2 aromatic rings. The van der Waals surface area contributed by atoms with Crippen LogP contribution in [0.15, 0.2) is 54.6 Å². The summed E-state index contributed by atoms with van der Waals surface area (Å²) in [4.78, 5) is 25.6. The van der Waals surface area contributed by atoms with Crippen LogP contribution in [0, 0.1) is 11.3 Å². The van der Waals surface area contributed by atoms with Crippen LogP contribution in [0.1, 0.15) is 19.8 Å². The Morgan fingerprint density at radius 3 is 2.63 bits per heavy atom. The quantitative estimate of drug-likeness (QED) is 0.774. The van der Waals surface area contributed by atoms with E-state index in [2.05, 4.69) is 5.32 Å². The van der Waals surface area contributed by atoms with E-state index >= 15 is 0 Å². The molecule has 1 N–H and O–H groups in total. The van der Waals surface area contributed by atoms with Crippen molar-refractivity contribution in [3.63, 3.8) is 0 Å². The molecule has 7 heteroatoms. The van der Waals surface area contributed by atoms with Crippen LogP contribution in [0.3, 0.4) is 0 Å². The monoisotopic (exact) mass is 367 g/mol. The van der Waals surface area contributed by atoms with Gasteiger partial charge in [0.25, 0.3) is 0 Å². The zero-order valence-corrected chi connectivity index (χ0v) is 15.1. The van der Waals surface area contributed by atoms with Gasteiger partial charge in [0.2, 0.25) is 0 Å². The van der Waals surface area contributed by atoms with Gasteiger partial charge in [-0.05, 0) is 30.7 Å². The van der Waals surface area contributed by atoms with Gasteiger partial charge in [-0.2, -0.15) is 5.26 Å². The molecule has 0 saturated carbocycles. The second-order valence-corrected chi connectivity index (χ2v) is 5.55. The molecule has 0 atom stereocenters. The van der Waals surface area contributed by atoms with E-state index in [1.165, 1.54) is 11.0 Å². The first-order valence-electron chi connectivity index (χ1n) is 8.59. The molecule has 0 radical (unpaired) electrons. The number of amides is 2. The maximum Gasteiger partial charge on any atom is 0.419 e. The fraction of sp³-hybridized carbons (Fsp3) is 0.250. The minimum atomic E-state index is -0.609. The van der Waals surface area contributed by atoms with E-state index in [4.69, 9.17) is 14.7 Å². The van der Waals surface area contributed by atoms with Gasteiger partial charge in [-0.15, -0.1) is 0 Å². The highest BCUT2D eigenvalue weighted by molar-refractivity contribution is 5.89. The third-order valence-electron chi connectivity index (χ3n) is 3.46. The predicted octanol–water partition coefficient (Wildman–Crippen LogP) is 4.56. The van der Waals surface area contributed by atoms with Gasteiger partial charge in [-0.25, -0.2) is 9.59 Å². The highest BCUT2D eigenvalue weighted by atomic mass is 16.6. The van der Waals surface area contributed by atoms with E-state index in [-0.39, 0.29) is 18.7 Å². The van der Waals surface area contributed by atoms with Crippen LogP contribution in [-0.2, 0) is 4.74 Å². The maximum atomic E-state index is 12.6. The number of anilines is 2. The lowest BCUT2D eigenvalue weighted by Gasteiger charge is -2.21. The van der Waals surface area contributed by atoms with Crippen molar-refractivity contribution in [2.45, 2.75) is 19.8 Å². The second-order valence-electron chi connectivity index (χ2n) is 5.55. The normalized spacial score (nSPS) is 9.78. The number of hydrogen-bond acceptors (Lipinski definition) is 5. The average molecular weight is 367 g/mol. The van der Waals surface area contributed by atoms with Gasteiger partial charge >= 0.3 is 12.2 Å². The summed E-state index contributed by atoms with van der Waals surface area (Å²) in [6, 6.07) is 17.4. The summed E-state index contributed by atoms with van der Waals surface area (Å²) < 4.78 is 10.4. The third-order valence-corrected chi connectivity index (χ3v) is 3.46. The largest absolute Gasteiger partial charge is 0.449 e. The smallest absolute Gasteiger partial charge is 0.419 e. The average Bonchev–Trinajstić information content (AvgIpc) is 2.68. The van der Waals surface area contributed by atoms with Crippen molar-refractivity contribution in [2.75, 3.05) is 23.4 Å². The summed E-state index contributed by atoms with van der Waals surface area (Å²) in [6.07, 6.45) is -0.278.